The minimum absolute atomic E-state index is 0. The van der Waals surface area contributed by atoms with E-state index in [9.17, 15) is 4.79 Å². The third-order valence-electron chi connectivity index (χ3n) is 1.97. The maximum Gasteiger partial charge on any atom is 0 e. The van der Waals surface area contributed by atoms with Crippen molar-refractivity contribution in [3.63, 3.8) is 0 Å². The summed E-state index contributed by atoms with van der Waals surface area (Å²) in [6, 6.07) is 0. The maximum absolute atomic E-state index is 11.1. The Balaban J connectivity index is -0.0000000653. The normalized spacial score (nSPS) is 9.43. The Labute approximate surface area is 235 Å². The van der Waals surface area contributed by atoms with E-state index < -0.39 is 5.97 Å². The Bertz CT molecular complexity index is 388. The molecule has 2 nitrogen and oxygen atoms in total. The van der Waals surface area contributed by atoms with E-state index in [1.165, 1.54) is 42.6 Å². The Morgan fingerprint density at radius 3 is 1.33 bits per heavy atom. The van der Waals surface area contributed by atoms with Gasteiger partial charge in [-0.15, -0.1) is 0 Å². The van der Waals surface area contributed by atoms with E-state index in [-0.39, 0.29) is 126 Å². The van der Waals surface area contributed by atoms with Crippen LogP contribution in [0.3, 0.4) is 0 Å². The first-order valence-corrected chi connectivity index (χ1v) is 7.27. The SMILES string of the molecule is C[C-]=C(C(=O)O)C([C](C)=[W])=C(C)[C](C)=[W].[W].[W].[W].[W].[W].[W]. The summed E-state index contributed by atoms with van der Waals surface area (Å²) in [7, 11) is 0. The average molecular weight is 1650 g/mol. The second-order valence-electron chi connectivity index (χ2n) is 3.04. The fraction of sp³-hybridized carbons (Fsp3) is 0.364. The van der Waals surface area contributed by atoms with Gasteiger partial charge in [0.15, 0.2) is 0 Å². The Morgan fingerprint density at radius 1 is 0.857 bits per heavy atom. The summed E-state index contributed by atoms with van der Waals surface area (Å²) >= 11 is 2.67. The molecular formula is C11H13O2W8-. The van der Waals surface area contributed by atoms with Crippen LogP contribution >= 0.6 is 0 Å². The molecule has 0 aliphatic heterocycles. The van der Waals surface area contributed by atoms with Crippen molar-refractivity contribution in [2.75, 3.05) is 0 Å². The first-order valence-electron chi connectivity index (χ1n) is 4.34. The molecule has 0 aromatic carbocycles. The standard InChI is InChI=1S/C11H13O2.8W/c1-5-8(4)9(6-2)10(7-3)11(12)13;;;;;;;;/h1-4H3,(H,12,13);;;;;;;;/q-1;;;;;;;;. The van der Waals surface area contributed by atoms with E-state index >= 15 is 0 Å². The molecule has 0 atom stereocenters. The fourth-order valence-corrected chi connectivity index (χ4v) is 2.43. The van der Waals surface area contributed by atoms with Crippen molar-refractivity contribution in [2.24, 2.45) is 0 Å². The van der Waals surface area contributed by atoms with E-state index in [4.69, 9.17) is 5.11 Å². The van der Waals surface area contributed by atoms with Gasteiger partial charge in [0.25, 0.3) is 0 Å². The molecule has 0 radical (unpaired) electrons. The summed E-state index contributed by atoms with van der Waals surface area (Å²) in [5, 5.41) is 9.08. The van der Waals surface area contributed by atoms with Gasteiger partial charge in [0.2, 0.25) is 0 Å². The number of carbonyl (C=O) groups is 1. The third kappa shape index (κ3) is 17.4. The van der Waals surface area contributed by atoms with Crippen molar-refractivity contribution in [3.8, 4) is 0 Å². The monoisotopic (exact) mass is 1650 g/mol. The zero-order valence-electron chi connectivity index (χ0n) is 11.6. The minimum atomic E-state index is -0.899. The molecule has 0 aromatic rings. The van der Waals surface area contributed by atoms with Crippen molar-refractivity contribution in [1.82, 2.24) is 0 Å². The molecule has 0 saturated carbocycles. The third-order valence-corrected chi connectivity index (χ3v) is 3.80. The van der Waals surface area contributed by atoms with Gasteiger partial charge in [-0.05, 0) is 0 Å². The van der Waals surface area contributed by atoms with Crippen LogP contribution in [0.25, 0.3) is 0 Å². The molecule has 0 spiro atoms. The first-order chi connectivity index (χ1) is 6.82. The van der Waals surface area contributed by atoms with E-state index in [2.05, 4.69) is 6.08 Å². The first kappa shape index (κ1) is 44.6. The molecule has 118 valence electrons. The fourth-order valence-electron chi connectivity index (χ4n) is 1.14. The van der Waals surface area contributed by atoms with E-state index in [0.29, 0.717) is 5.57 Å². The predicted molar refractivity (Wildman–Crippen MR) is 54.1 cm³/mol. The molecule has 10 heteroatoms. The molecular weight excluding hydrogens is 1630 g/mol. The number of carboxylic acid groups (broad SMARTS) is 1. The van der Waals surface area contributed by atoms with Crippen LogP contribution in [0.1, 0.15) is 27.7 Å². The summed E-state index contributed by atoms with van der Waals surface area (Å²) in [6.07, 6.45) is 2.77. The number of carboxylic acids is 1. The second kappa shape index (κ2) is 24.2. The van der Waals surface area contributed by atoms with Crippen molar-refractivity contribution in [1.29, 1.82) is 0 Å². The molecule has 0 aliphatic carbocycles. The molecule has 0 saturated heterocycles. The molecule has 0 bridgehead atoms. The summed E-state index contributed by atoms with van der Waals surface area (Å²) in [5.74, 6) is -0.899. The summed E-state index contributed by atoms with van der Waals surface area (Å²) in [5.41, 5.74) is 2.22. The van der Waals surface area contributed by atoms with Gasteiger partial charge in [0.1, 0.15) is 0 Å². The number of rotatable bonds is 4. The Kier molecular flexibility index (Phi) is 51.3. The smallest absolute Gasteiger partial charge is 0 e. The Hall–Kier alpha value is 4.20. The molecule has 1 N–H and O–H groups in total. The largest absolute Gasteiger partial charge is 0 e. The number of aliphatic carboxylic acids is 1. The van der Waals surface area contributed by atoms with Gasteiger partial charge < -0.3 is 0 Å². The quantitative estimate of drug-likeness (QED) is 0.265. The number of hydrogen-bond acceptors (Lipinski definition) is 1. The van der Waals surface area contributed by atoms with Gasteiger partial charge in [0, 0.05) is 126 Å². The van der Waals surface area contributed by atoms with Gasteiger partial charge in [0.05, 0.1) is 0 Å². The summed E-state index contributed by atoms with van der Waals surface area (Å²) in [4.78, 5) is 11.1. The van der Waals surface area contributed by atoms with E-state index in [1.54, 1.807) is 6.92 Å². The van der Waals surface area contributed by atoms with Crippen LogP contribution in [0.15, 0.2) is 16.7 Å². The predicted octanol–water partition coefficient (Wildman–Crippen LogP) is 1.60. The van der Waals surface area contributed by atoms with Gasteiger partial charge in [-0.3, -0.25) is 0 Å². The van der Waals surface area contributed by atoms with E-state index in [0.717, 1.165) is 15.0 Å². The second-order valence-corrected chi connectivity index (χ2v) is 7.44. The van der Waals surface area contributed by atoms with Gasteiger partial charge >= 0.3 is 113 Å². The summed E-state index contributed by atoms with van der Waals surface area (Å²) in [6.45, 7) is 7.61. The van der Waals surface area contributed by atoms with Gasteiger partial charge in [-0.1, -0.05) is 0 Å². The van der Waals surface area contributed by atoms with Crippen LogP contribution in [0, 0.1) is 6.08 Å². The zero-order valence-corrected chi connectivity index (χ0v) is 35.1. The molecule has 0 aromatic heterocycles. The zero-order chi connectivity index (χ0) is 12.2. The van der Waals surface area contributed by atoms with Gasteiger partial charge in [-0.25, -0.2) is 0 Å². The molecule has 0 aliphatic rings. The van der Waals surface area contributed by atoms with Crippen LogP contribution < -0.4 is 0 Å². The van der Waals surface area contributed by atoms with Crippen LogP contribution in [0.4, 0.5) is 0 Å². The molecule has 0 rings (SSSR count). The number of allylic oxidation sites excluding steroid dienone is 2. The van der Waals surface area contributed by atoms with Crippen molar-refractivity contribution < 1.29 is 175 Å². The van der Waals surface area contributed by atoms with Crippen molar-refractivity contribution in [2.45, 2.75) is 27.7 Å². The van der Waals surface area contributed by atoms with Crippen LogP contribution in [0.5, 0.6) is 0 Å². The van der Waals surface area contributed by atoms with E-state index in [1.807, 2.05) is 20.8 Å². The van der Waals surface area contributed by atoms with Crippen molar-refractivity contribution >= 4 is 13.8 Å². The minimum Gasteiger partial charge on any atom is 0 e. The molecule has 0 unspecified atom stereocenters. The Morgan fingerprint density at radius 2 is 1.19 bits per heavy atom. The van der Waals surface area contributed by atoms with Crippen LogP contribution in [-0.4, -0.2) is 18.9 Å². The summed E-state index contributed by atoms with van der Waals surface area (Å²) < 4.78 is 2.32. The van der Waals surface area contributed by atoms with Crippen molar-refractivity contribution in [3.05, 3.63) is 22.8 Å². The maximum atomic E-state index is 11.1. The van der Waals surface area contributed by atoms with Crippen LogP contribution in [-0.2, 0) is 170 Å². The van der Waals surface area contributed by atoms with Crippen LogP contribution in [0.2, 0.25) is 0 Å². The topological polar surface area (TPSA) is 37.3 Å². The molecule has 0 amide bonds. The van der Waals surface area contributed by atoms with Gasteiger partial charge in [-0.2, -0.15) is 0 Å². The molecule has 0 fully saturated rings. The molecule has 21 heavy (non-hydrogen) atoms. The average Bonchev–Trinajstić information content (AvgIpc) is 2.11. The number of hydrogen-bond donors (Lipinski definition) is 1. The molecule has 0 heterocycles.